The predicted molar refractivity (Wildman–Crippen MR) is 136 cm³/mol. The van der Waals surface area contributed by atoms with Crippen molar-refractivity contribution in [1.82, 2.24) is 9.34 Å². The van der Waals surface area contributed by atoms with Crippen LogP contribution in [0.25, 0.3) is 0 Å². The number of rotatable bonds is 7. The van der Waals surface area contributed by atoms with Gasteiger partial charge in [0.05, 0.1) is 22.3 Å². The first-order chi connectivity index (χ1) is 13.4. The van der Waals surface area contributed by atoms with Gasteiger partial charge in [0.1, 0.15) is 0 Å². The van der Waals surface area contributed by atoms with Gasteiger partial charge in [-0.25, -0.2) is 9.34 Å². The second-order valence-corrected chi connectivity index (χ2v) is 25.9. The first-order valence-electron chi connectivity index (χ1n) is 11.3. The van der Waals surface area contributed by atoms with E-state index in [9.17, 15) is 0 Å². The van der Waals surface area contributed by atoms with Crippen LogP contribution in [0.4, 0.5) is 0 Å². The molecule has 0 unspecified atom stereocenters. The number of hydrogen-bond donors (Lipinski definition) is 0. The zero-order chi connectivity index (χ0) is 21.4. The molecule has 164 valence electrons. The Morgan fingerprint density at radius 2 is 1.38 bits per heavy atom. The van der Waals surface area contributed by atoms with Crippen molar-refractivity contribution in [3.8, 4) is 0 Å². The Bertz CT molecular complexity index is 699. The highest BCUT2D eigenvalue weighted by Crippen LogP contribution is 2.66. The van der Waals surface area contributed by atoms with Crippen molar-refractivity contribution >= 4 is 34.5 Å². The van der Waals surface area contributed by atoms with E-state index in [1.54, 1.807) is 0 Å². The summed E-state index contributed by atoms with van der Waals surface area (Å²) < 4.78 is 12.5. The smallest absolute Gasteiger partial charge is 0.204 e. The molecule has 1 aliphatic heterocycles. The van der Waals surface area contributed by atoms with Crippen LogP contribution in [0.15, 0.2) is 30.3 Å². The van der Waals surface area contributed by atoms with E-state index in [2.05, 4.69) is 85.9 Å². The summed E-state index contributed by atoms with van der Waals surface area (Å²) in [7, 11) is -2.63. The van der Waals surface area contributed by atoms with Gasteiger partial charge in [-0.1, -0.05) is 82.5 Å². The molecule has 1 heterocycles. The minimum absolute atomic E-state index is 0.0375. The molecular weight excluding hydrogens is 427 g/mol. The molecular formula is C22H41N2OPSSi2. The lowest BCUT2D eigenvalue weighted by Crippen LogP contribution is -2.46. The van der Waals surface area contributed by atoms with Crippen molar-refractivity contribution in [1.29, 1.82) is 0 Å². The van der Waals surface area contributed by atoms with Crippen molar-refractivity contribution in [3.05, 3.63) is 35.9 Å². The fraction of sp³-hybridized carbons (Fsp3) is 0.727. The molecule has 0 N–H and O–H groups in total. The van der Waals surface area contributed by atoms with Crippen LogP contribution in [0.2, 0.25) is 39.3 Å². The molecule has 0 bridgehead atoms. The topological polar surface area (TPSA) is 15.7 Å². The monoisotopic (exact) mass is 468 g/mol. The van der Waals surface area contributed by atoms with Crippen LogP contribution < -0.4 is 0 Å². The van der Waals surface area contributed by atoms with Gasteiger partial charge < -0.3 is 4.52 Å². The van der Waals surface area contributed by atoms with E-state index >= 15 is 0 Å². The van der Waals surface area contributed by atoms with Gasteiger partial charge >= 0.3 is 0 Å². The molecule has 3 rings (SSSR count). The summed E-state index contributed by atoms with van der Waals surface area (Å²) >= 11 is 6.62. The minimum atomic E-state index is -2.24. The summed E-state index contributed by atoms with van der Waals surface area (Å²) in [4.78, 5) is 0. The average Bonchev–Trinajstić information content (AvgIpc) is 2.83. The van der Waals surface area contributed by atoms with Gasteiger partial charge in [-0.2, -0.15) is 0 Å². The fourth-order valence-corrected chi connectivity index (χ4v) is 15.7. The van der Waals surface area contributed by atoms with E-state index in [0.717, 1.165) is 12.3 Å². The molecule has 1 saturated carbocycles. The molecule has 0 radical (unpaired) electrons. The highest BCUT2D eigenvalue weighted by molar-refractivity contribution is 8.10. The summed E-state index contributed by atoms with van der Waals surface area (Å²) in [5, 5.41) is 0. The van der Waals surface area contributed by atoms with Crippen molar-refractivity contribution in [2.45, 2.75) is 90.1 Å². The van der Waals surface area contributed by atoms with Gasteiger partial charge in [-0.3, -0.25) is 0 Å². The molecule has 3 atom stereocenters. The van der Waals surface area contributed by atoms with Crippen LogP contribution in [-0.4, -0.2) is 49.9 Å². The van der Waals surface area contributed by atoms with Crippen molar-refractivity contribution in [2.75, 3.05) is 12.3 Å². The van der Waals surface area contributed by atoms with E-state index in [0.29, 0.717) is 12.1 Å². The highest BCUT2D eigenvalue weighted by Gasteiger charge is 2.55. The van der Waals surface area contributed by atoms with E-state index in [1.165, 1.54) is 31.2 Å². The van der Waals surface area contributed by atoms with Crippen molar-refractivity contribution < 1.29 is 4.52 Å². The molecule has 3 nitrogen and oxygen atoms in total. The first kappa shape index (κ1) is 23.8. The Morgan fingerprint density at radius 3 is 1.79 bits per heavy atom. The zero-order valence-corrected chi connectivity index (χ0v) is 23.2. The SMILES string of the molecule is C[C@H](OP1(=S)N(C[Si](C)(C)C)[C@@H]2CCCC[C@H]2N1C[Si](C)(C)C)c1ccccc1. The van der Waals surface area contributed by atoms with Gasteiger partial charge in [-0.15, -0.1) is 0 Å². The second kappa shape index (κ2) is 8.97. The third-order valence-electron chi connectivity index (χ3n) is 5.95. The Hall–Kier alpha value is 0.184. The fourth-order valence-electron chi connectivity index (χ4n) is 4.81. The van der Waals surface area contributed by atoms with Crippen molar-refractivity contribution in [2.24, 2.45) is 0 Å². The number of fused-ring (bicyclic) bond motifs is 1. The molecule has 2 fully saturated rings. The van der Waals surface area contributed by atoms with Crippen LogP contribution >= 0.6 is 6.57 Å². The molecule has 1 saturated heterocycles. The number of nitrogens with zero attached hydrogens (tertiary/aromatic N) is 2. The van der Waals surface area contributed by atoms with Gasteiger partial charge in [0.25, 0.3) is 0 Å². The highest BCUT2D eigenvalue weighted by atomic mass is 32.5. The van der Waals surface area contributed by atoms with Gasteiger partial charge in [-0.05, 0) is 37.1 Å². The van der Waals surface area contributed by atoms with E-state index in [-0.39, 0.29) is 6.10 Å². The van der Waals surface area contributed by atoms with Crippen LogP contribution in [0.3, 0.4) is 0 Å². The van der Waals surface area contributed by atoms with Crippen molar-refractivity contribution in [3.63, 3.8) is 0 Å². The molecule has 0 amide bonds. The summed E-state index contributed by atoms with van der Waals surface area (Å²) in [5.74, 6) is 0. The predicted octanol–water partition coefficient (Wildman–Crippen LogP) is 6.67. The molecule has 1 aromatic carbocycles. The van der Waals surface area contributed by atoms with Crippen LogP contribution in [0, 0.1) is 0 Å². The Morgan fingerprint density at radius 1 is 0.931 bits per heavy atom. The molecule has 0 spiro atoms. The lowest BCUT2D eigenvalue weighted by molar-refractivity contribution is 0.218. The molecule has 2 aliphatic rings. The third kappa shape index (κ3) is 5.71. The molecule has 0 aromatic heterocycles. The van der Waals surface area contributed by atoms with Crippen LogP contribution in [0.5, 0.6) is 0 Å². The van der Waals surface area contributed by atoms with Gasteiger partial charge in [0, 0.05) is 24.4 Å². The Labute approximate surface area is 186 Å². The maximum atomic E-state index is 7.02. The maximum absolute atomic E-state index is 7.02. The van der Waals surface area contributed by atoms with Gasteiger partial charge in [0.2, 0.25) is 6.57 Å². The van der Waals surface area contributed by atoms with Crippen LogP contribution in [-0.2, 0) is 16.3 Å². The summed E-state index contributed by atoms with van der Waals surface area (Å²) in [6, 6.07) is 11.9. The standard InChI is InChI=1S/C22H41N2OPSSi2/c1-19(20-13-9-8-10-14-20)25-26(27)23(17-28(2,3)4)21-15-11-12-16-22(21)24(26)18-29(5,6)7/h8-10,13-14,19,21-22H,11-12,15-18H2,1-7H3/t19-,21+,22+/m0/s1. The largest absolute Gasteiger partial charge is 0.319 e. The quantitative estimate of drug-likeness (QED) is 0.328. The first-order valence-corrected chi connectivity index (χ1v) is 21.3. The summed E-state index contributed by atoms with van der Waals surface area (Å²) in [6.07, 6.45) is 7.62. The number of benzene rings is 1. The lowest BCUT2D eigenvalue weighted by Gasteiger charge is -2.40. The molecule has 1 aromatic rings. The molecule has 29 heavy (non-hydrogen) atoms. The van der Waals surface area contributed by atoms with E-state index in [1.807, 2.05) is 0 Å². The molecule has 7 heteroatoms. The minimum Gasteiger partial charge on any atom is -0.319 e. The zero-order valence-electron chi connectivity index (χ0n) is 19.5. The lowest BCUT2D eigenvalue weighted by atomic mass is 9.90. The van der Waals surface area contributed by atoms with Crippen LogP contribution in [0.1, 0.15) is 44.3 Å². The second-order valence-electron chi connectivity index (χ2n) is 11.4. The summed E-state index contributed by atoms with van der Waals surface area (Å²) in [5.41, 5.74) is 1.24. The van der Waals surface area contributed by atoms with Gasteiger partial charge in [0.15, 0.2) is 0 Å². The Kier molecular flexibility index (Phi) is 7.37. The number of hydrogen-bond acceptors (Lipinski definition) is 2. The third-order valence-corrected chi connectivity index (χ3v) is 13.3. The normalized spacial score (nSPS) is 27.0. The summed E-state index contributed by atoms with van der Waals surface area (Å²) in [6.45, 7) is 14.8. The maximum Gasteiger partial charge on any atom is 0.204 e. The van der Waals surface area contributed by atoms with E-state index in [4.69, 9.17) is 16.3 Å². The average molecular weight is 469 g/mol. The Balaban J connectivity index is 2.00. The molecule has 1 aliphatic carbocycles. The van der Waals surface area contributed by atoms with E-state index < -0.39 is 22.7 Å².